The molecule has 0 aromatic heterocycles. The van der Waals surface area contributed by atoms with E-state index < -0.39 is 0 Å². The molecule has 6 heteroatoms. The van der Waals surface area contributed by atoms with Crippen molar-refractivity contribution in [3.63, 3.8) is 0 Å². The Labute approximate surface area is 156 Å². The van der Waals surface area contributed by atoms with Crippen molar-refractivity contribution in [3.8, 4) is 0 Å². The van der Waals surface area contributed by atoms with Crippen molar-refractivity contribution in [1.82, 2.24) is 9.80 Å². The quantitative estimate of drug-likeness (QED) is 0.773. The summed E-state index contributed by atoms with van der Waals surface area (Å²) in [7, 11) is 0. The zero-order chi connectivity index (χ0) is 17.1. The maximum absolute atomic E-state index is 12.6. The van der Waals surface area contributed by atoms with Crippen molar-refractivity contribution in [2.75, 3.05) is 26.2 Å². The zero-order valence-electron chi connectivity index (χ0n) is 13.0. The van der Waals surface area contributed by atoms with Crippen LogP contribution in [0, 0.1) is 0 Å². The fourth-order valence-electron chi connectivity index (χ4n) is 2.81. The van der Waals surface area contributed by atoms with Gasteiger partial charge in [0.2, 0.25) is 0 Å². The molecule has 2 aromatic carbocycles. The summed E-state index contributed by atoms with van der Waals surface area (Å²) in [5.74, 6) is -0.00373. The number of halogens is 3. The van der Waals surface area contributed by atoms with E-state index >= 15 is 0 Å². The maximum Gasteiger partial charge on any atom is 0.253 e. The van der Waals surface area contributed by atoms with Gasteiger partial charge in [0.25, 0.3) is 5.91 Å². The molecule has 24 heavy (non-hydrogen) atoms. The highest BCUT2D eigenvalue weighted by Gasteiger charge is 2.22. The van der Waals surface area contributed by atoms with Crippen molar-refractivity contribution in [2.45, 2.75) is 6.54 Å². The second kappa shape index (κ2) is 7.75. The van der Waals surface area contributed by atoms with Crippen molar-refractivity contribution >= 4 is 40.7 Å². The van der Waals surface area contributed by atoms with Crippen molar-refractivity contribution < 1.29 is 4.79 Å². The molecular weight excluding hydrogens is 367 g/mol. The second-order valence-electron chi connectivity index (χ2n) is 5.83. The highest BCUT2D eigenvalue weighted by atomic mass is 35.5. The monoisotopic (exact) mass is 382 g/mol. The van der Waals surface area contributed by atoms with Gasteiger partial charge < -0.3 is 4.90 Å². The molecule has 0 spiro atoms. The molecule has 1 heterocycles. The number of rotatable bonds is 3. The average Bonchev–Trinajstić information content (AvgIpc) is 2.57. The van der Waals surface area contributed by atoms with Crippen LogP contribution in [0.1, 0.15) is 15.9 Å². The minimum atomic E-state index is -0.00373. The fraction of sp³-hybridized carbons (Fsp3) is 0.278. The molecule has 2 aromatic rings. The highest BCUT2D eigenvalue weighted by molar-refractivity contribution is 6.42. The zero-order valence-corrected chi connectivity index (χ0v) is 15.3. The predicted molar refractivity (Wildman–Crippen MR) is 99.1 cm³/mol. The van der Waals surface area contributed by atoms with Crippen LogP contribution in [0.4, 0.5) is 0 Å². The molecule has 1 aliphatic rings. The predicted octanol–water partition coefficient (Wildman–Crippen LogP) is 4.60. The van der Waals surface area contributed by atoms with Gasteiger partial charge in [-0.15, -0.1) is 0 Å². The maximum atomic E-state index is 12.6. The van der Waals surface area contributed by atoms with Crippen molar-refractivity contribution in [3.05, 3.63) is 68.7 Å². The van der Waals surface area contributed by atoms with Crippen LogP contribution in [-0.4, -0.2) is 41.9 Å². The molecule has 0 bridgehead atoms. The SMILES string of the molecule is O=C(c1ccc(Cl)c(Cl)c1)N1CCN(Cc2cccc(Cl)c2)CC1. The van der Waals surface area contributed by atoms with Gasteiger partial charge in [-0.3, -0.25) is 9.69 Å². The van der Waals surface area contributed by atoms with Gasteiger partial charge in [0.05, 0.1) is 10.0 Å². The molecule has 1 amide bonds. The first kappa shape index (κ1) is 17.6. The van der Waals surface area contributed by atoms with Crippen LogP contribution >= 0.6 is 34.8 Å². The van der Waals surface area contributed by atoms with Gasteiger partial charge in [-0.25, -0.2) is 0 Å². The number of hydrogen-bond donors (Lipinski definition) is 0. The lowest BCUT2D eigenvalue weighted by Gasteiger charge is -2.34. The standard InChI is InChI=1S/C18H17Cl3N2O/c19-15-3-1-2-13(10-15)12-22-6-8-23(9-7-22)18(24)14-4-5-16(20)17(21)11-14/h1-5,10-11H,6-9,12H2. The first-order chi connectivity index (χ1) is 11.5. The Bertz CT molecular complexity index is 743. The van der Waals surface area contributed by atoms with E-state index in [0.29, 0.717) is 28.7 Å². The molecule has 0 unspecified atom stereocenters. The molecule has 0 aliphatic carbocycles. The summed E-state index contributed by atoms with van der Waals surface area (Å²) >= 11 is 17.9. The van der Waals surface area contributed by atoms with E-state index in [-0.39, 0.29) is 5.91 Å². The molecule has 1 aliphatic heterocycles. The fourth-order valence-corrected chi connectivity index (χ4v) is 3.33. The third-order valence-electron chi connectivity index (χ3n) is 4.12. The van der Waals surface area contributed by atoms with Crippen LogP contribution in [0.5, 0.6) is 0 Å². The minimum Gasteiger partial charge on any atom is -0.336 e. The summed E-state index contributed by atoms with van der Waals surface area (Å²) in [5, 5.41) is 1.61. The summed E-state index contributed by atoms with van der Waals surface area (Å²) in [6.45, 7) is 3.90. The van der Waals surface area contributed by atoms with Crippen LogP contribution in [0.2, 0.25) is 15.1 Å². The Morgan fingerprint density at radius 3 is 2.33 bits per heavy atom. The summed E-state index contributed by atoms with van der Waals surface area (Å²) in [4.78, 5) is 16.7. The van der Waals surface area contributed by atoms with Crippen molar-refractivity contribution in [2.24, 2.45) is 0 Å². The lowest BCUT2D eigenvalue weighted by Crippen LogP contribution is -2.48. The molecule has 0 saturated carbocycles. The first-order valence-electron chi connectivity index (χ1n) is 7.74. The van der Waals surface area contributed by atoms with Crippen LogP contribution in [0.25, 0.3) is 0 Å². The second-order valence-corrected chi connectivity index (χ2v) is 7.08. The van der Waals surface area contributed by atoms with E-state index in [9.17, 15) is 4.79 Å². The number of carbonyl (C=O) groups excluding carboxylic acids is 1. The van der Waals surface area contributed by atoms with Gasteiger partial charge in [0, 0.05) is 43.3 Å². The van der Waals surface area contributed by atoms with Crippen LogP contribution in [0.3, 0.4) is 0 Å². The lowest BCUT2D eigenvalue weighted by molar-refractivity contribution is 0.0628. The van der Waals surface area contributed by atoms with Gasteiger partial charge in [-0.1, -0.05) is 46.9 Å². The smallest absolute Gasteiger partial charge is 0.253 e. The van der Waals surface area contributed by atoms with Crippen LogP contribution in [-0.2, 0) is 6.54 Å². The Balaban J connectivity index is 1.58. The number of amides is 1. The average molecular weight is 384 g/mol. The van der Waals surface area contributed by atoms with Gasteiger partial charge in [-0.2, -0.15) is 0 Å². The molecule has 126 valence electrons. The highest BCUT2D eigenvalue weighted by Crippen LogP contribution is 2.23. The van der Waals surface area contributed by atoms with E-state index in [2.05, 4.69) is 11.0 Å². The number of benzene rings is 2. The van der Waals surface area contributed by atoms with Gasteiger partial charge in [0.15, 0.2) is 0 Å². The Morgan fingerprint density at radius 2 is 1.67 bits per heavy atom. The third kappa shape index (κ3) is 4.22. The van der Waals surface area contributed by atoms with E-state index in [1.54, 1.807) is 18.2 Å². The molecule has 3 rings (SSSR count). The number of hydrogen-bond acceptors (Lipinski definition) is 2. The van der Waals surface area contributed by atoms with E-state index in [4.69, 9.17) is 34.8 Å². The summed E-state index contributed by atoms with van der Waals surface area (Å²) < 4.78 is 0. The van der Waals surface area contributed by atoms with Crippen molar-refractivity contribution in [1.29, 1.82) is 0 Å². The number of piperazine rings is 1. The summed E-state index contributed by atoms with van der Waals surface area (Å²) in [5.41, 5.74) is 1.76. The molecule has 1 saturated heterocycles. The molecule has 0 radical (unpaired) electrons. The first-order valence-corrected chi connectivity index (χ1v) is 8.87. The van der Waals surface area contributed by atoms with Crippen LogP contribution < -0.4 is 0 Å². The molecular formula is C18H17Cl3N2O. The van der Waals surface area contributed by atoms with Gasteiger partial charge in [-0.05, 0) is 35.9 Å². The van der Waals surface area contributed by atoms with E-state index in [1.807, 2.05) is 23.1 Å². The van der Waals surface area contributed by atoms with E-state index in [0.717, 1.165) is 24.7 Å². The van der Waals surface area contributed by atoms with E-state index in [1.165, 1.54) is 5.56 Å². The molecule has 0 atom stereocenters. The largest absolute Gasteiger partial charge is 0.336 e. The third-order valence-corrected chi connectivity index (χ3v) is 5.10. The van der Waals surface area contributed by atoms with Gasteiger partial charge >= 0.3 is 0 Å². The lowest BCUT2D eigenvalue weighted by atomic mass is 10.1. The molecule has 3 nitrogen and oxygen atoms in total. The topological polar surface area (TPSA) is 23.6 Å². The molecule has 0 N–H and O–H groups in total. The molecule has 1 fully saturated rings. The normalized spacial score (nSPS) is 15.5. The Hall–Kier alpha value is -1.26. The summed E-state index contributed by atoms with van der Waals surface area (Å²) in [6.07, 6.45) is 0. The Morgan fingerprint density at radius 1 is 0.917 bits per heavy atom. The minimum absolute atomic E-state index is 0.00373. The number of nitrogens with zero attached hydrogens (tertiary/aromatic N) is 2. The number of carbonyl (C=O) groups is 1. The Kier molecular flexibility index (Phi) is 5.67. The van der Waals surface area contributed by atoms with Gasteiger partial charge in [0.1, 0.15) is 0 Å². The van der Waals surface area contributed by atoms with Crippen LogP contribution in [0.15, 0.2) is 42.5 Å². The summed E-state index contributed by atoms with van der Waals surface area (Å²) in [6, 6.07) is 12.9.